The molecule has 0 bridgehead atoms. The van der Waals surface area contributed by atoms with Crippen LogP contribution in [-0.2, 0) is 22.6 Å². The van der Waals surface area contributed by atoms with Crippen molar-refractivity contribution in [2.24, 2.45) is 10.7 Å². The van der Waals surface area contributed by atoms with Crippen molar-refractivity contribution in [3.8, 4) is 0 Å². The number of halogens is 1. The number of nitrogens with two attached hydrogens (primary N) is 1. The summed E-state index contributed by atoms with van der Waals surface area (Å²) in [6, 6.07) is 8.23. The average molecular weight is 419 g/mol. The number of nitrogens with zero attached hydrogens (tertiary/aromatic N) is 2. The molecule has 2 rings (SSSR count). The van der Waals surface area contributed by atoms with Crippen LogP contribution in [0, 0.1) is 0 Å². The molecule has 0 aromatic heterocycles. The molecule has 5 nitrogen and oxygen atoms in total. The quantitative estimate of drug-likeness (QED) is 0.333. The molecule has 1 heterocycles. The summed E-state index contributed by atoms with van der Waals surface area (Å²) in [6.07, 6.45) is 1.03. The molecule has 1 fully saturated rings. The van der Waals surface area contributed by atoms with Crippen molar-refractivity contribution in [2.75, 3.05) is 32.9 Å². The van der Waals surface area contributed by atoms with Crippen LogP contribution in [0.2, 0.25) is 0 Å². The van der Waals surface area contributed by atoms with Gasteiger partial charge in [0.2, 0.25) is 0 Å². The van der Waals surface area contributed by atoms with Gasteiger partial charge in [-0.05, 0) is 17.5 Å². The van der Waals surface area contributed by atoms with Crippen LogP contribution in [0.25, 0.3) is 0 Å². The van der Waals surface area contributed by atoms with Crippen LogP contribution in [-0.4, -0.2) is 43.8 Å². The third kappa shape index (κ3) is 6.10. The molecule has 6 heteroatoms. The molecule has 0 atom stereocenters. The van der Waals surface area contributed by atoms with Gasteiger partial charge >= 0.3 is 0 Å². The fraction of sp³-hybridized carbons (Fsp3) is 0.562. The average Bonchev–Trinajstić information content (AvgIpc) is 2.54. The lowest BCUT2D eigenvalue weighted by molar-refractivity contribution is 0.0674. The number of hydrogen-bond acceptors (Lipinski definition) is 3. The van der Waals surface area contributed by atoms with Crippen molar-refractivity contribution >= 4 is 29.9 Å². The number of rotatable bonds is 6. The molecule has 0 saturated carbocycles. The van der Waals surface area contributed by atoms with E-state index in [0.717, 1.165) is 39.3 Å². The highest BCUT2D eigenvalue weighted by atomic mass is 127. The monoisotopic (exact) mass is 419 g/mol. The van der Waals surface area contributed by atoms with Gasteiger partial charge in [-0.2, -0.15) is 0 Å². The number of benzene rings is 1. The lowest BCUT2D eigenvalue weighted by atomic mass is 10.1. The molecule has 0 spiro atoms. The minimum Gasteiger partial charge on any atom is -0.378 e. The van der Waals surface area contributed by atoms with Crippen molar-refractivity contribution in [2.45, 2.75) is 26.5 Å². The SMILES string of the molecule is CCCOCc1ccccc1CN=C(N)N1CCOCC1.I. The Morgan fingerprint density at radius 2 is 1.95 bits per heavy atom. The summed E-state index contributed by atoms with van der Waals surface area (Å²) < 4.78 is 10.9. The van der Waals surface area contributed by atoms with Gasteiger partial charge in [-0.3, -0.25) is 0 Å². The van der Waals surface area contributed by atoms with Crippen LogP contribution in [0.3, 0.4) is 0 Å². The first-order valence-corrected chi connectivity index (χ1v) is 7.58. The van der Waals surface area contributed by atoms with E-state index in [1.165, 1.54) is 11.1 Å². The third-order valence-corrected chi connectivity index (χ3v) is 3.47. The molecule has 1 aliphatic heterocycles. The molecular formula is C16H26IN3O2. The Balaban J connectivity index is 0.00000242. The van der Waals surface area contributed by atoms with E-state index in [1.54, 1.807) is 0 Å². The van der Waals surface area contributed by atoms with Gasteiger partial charge in [0.1, 0.15) is 0 Å². The highest BCUT2D eigenvalue weighted by Crippen LogP contribution is 2.12. The fourth-order valence-corrected chi connectivity index (χ4v) is 2.24. The normalized spacial score (nSPS) is 15.5. The maximum Gasteiger partial charge on any atom is 0.191 e. The van der Waals surface area contributed by atoms with E-state index in [9.17, 15) is 0 Å². The molecule has 1 aliphatic rings. The van der Waals surface area contributed by atoms with Crippen molar-refractivity contribution in [3.63, 3.8) is 0 Å². The summed E-state index contributed by atoms with van der Waals surface area (Å²) in [5.41, 5.74) is 8.41. The molecule has 0 aliphatic carbocycles. The minimum atomic E-state index is 0. The lowest BCUT2D eigenvalue weighted by Gasteiger charge is -2.27. The molecule has 22 heavy (non-hydrogen) atoms. The number of hydrogen-bond donors (Lipinski definition) is 1. The standard InChI is InChI=1S/C16H25N3O2.HI/c1-2-9-21-13-15-6-4-3-5-14(15)12-18-16(17)19-7-10-20-11-8-19;/h3-6H,2,7-13H2,1H3,(H2,17,18);1H. The van der Waals surface area contributed by atoms with Gasteiger partial charge in [0.25, 0.3) is 0 Å². The second-order valence-electron chi connectivity index (χ2n) is 5.10. The van der Waals surface area contributed by atoms with E-state index in [4.69, 9.17) is 15.2 Å². The maximum atomic E-state index is 6.06. The van der Waals surface area contributed by atoms with Gasteiger partial charge in [-0.15, -0.1) is 24.0 Å². The Hall–Kier alpha value is -0.860. The van der Waals surface area contributed by atoms with Crippen LogP contribution >= 0.6 is 24.0 Å². The molecule has 0 unspecified atom stereocenters. The van der Waals surface area contributed by atoms with Crippen molar-refractivity contribution in [1.82, 2.24) is 4.90 Å². The Morgan fingerprint density at radius 1 is 1.27 bits per heavy atom. The highest BCUT2D eigenvalue weighted by Gasteiger charge is 2.12. The number of aliphatic imine (C=N–C) groups is 1. The molecule has 1 saturated heterocycles. The topological polar surface area (TPSA) is 60.1 Å². The second kappa shape index (κ2) is 10.8. The van der Waals surface area contributed by atoms with Crippen LogP contribution in [0.15, 0.2) is 29.3 Å². The Labute approximate surface area is 149 Å². The van der Waals surface area contributed by atoms with Gasteiger partial charge < -0.3 is 20.1 Å². The van der Waals surface area contributed by atoms with E-state index in [2.05, 4.69) is 28.9 Å². The first-order chi connectivity index (χ1) is 10.3. The molecule has 2 N–H and O–H groups in total. The van der Waals surface area contributed by atoms with Gasteiger partial charge in [-0.25, -0.2) is 4.99 Å². The molecule has 1 aromatic rings. The molecular weight excluding hydrogens is 393 g/mol. The van der Waals surface area contributed by atoms with E-state index < -0.39 is 0 Å². The predicted molar refractivity (Wildman–Crippen MR) is 99.5 cm³/mol. The Kier molecular flexibility index (Phi) is 9.42. The predicted octanol–water partition coefficient (Wildman–Crippen LogP) is 2.38. The Bertz CT molecular complexity index is 462. The first kappa shape index (κ1) is 19.2. The first-order valence-electron chi connectivity index (χ1n) is 7.58. The second-order valence-corrected chi connectivity index (χ2v) is 5.10. The zero-order valence-corrected chi connectivity index (χ0v) is 15.5. The lowest BCUT2D eigenvalue weighted by Crippen LogP contribution is -2.44. The zero-order chi connectivity index (χ0) is 14.9. The smallest absolute Gasteiger partial charge is 0.191 e. The van der Waals surface area contributed by atoms with E-state index in [0.29, 0.717) is 19.1 Å². The van der Waals surface area contributed by atoms with Crippen LogP contribution in [0.1, 0.15) is 24.5 Å². The number of morpholine rings is 1. The van der Waals surface area contributed by atoms with Crippen molar-refractivity contribution in [3.05, 3.63) is 35.4 Å². The summed E-state index contributed by atoms with van der Waals surface area (Å²) in [4.78, 5) is 6.59. The van der Waals surface area contributed by atoms with Crippen LogP contribution < -0.4 is 5.73 Å². The summed E-state index contributed by atoms with van der Waals surface area (Å²) >= 11 is 0. The van der Waals surface area contributed by atoms with Gasteiger partial charge in [0, 0.05) is 19.7 Å². The number of guanidine groups is 1. The van der Waals surface area contributed by atoms with Gasteiger partial charge in [0.15, 0.2) is 5.96 Å². The van der Waals surface area contributed by atoms with E-state index in [-0.39, 0.29) is 24.0 Å². The summed E-state index contributed by atoms with van der Waals surface area (Å²) in [5.74, 6) is 0.600. The highest BCUT2D eigenvalue weighted by molar-refractivity contribution is 14.0. The Morgan fingerprint density at radius 3 is 2.64 bits per heavy atom. The van der Waals surface area contributed by atoms with Crippen LogP contribution in [0.5, 0.6) is 0 Å². The summed E-state index contributed by atoms with van der Waals surface area (Å²) in [5, 5.41) is 0. The van der Waals surface area contributed by atoms with E-state index >= 15 is 0 Å². The largest absolute Gasteiger partial charge is 0.378 e. The minimum absolute atomic E-state index is 0. The van der Waals surface area contributed by atoms with E-state index in [1.807, 2.05) is 12.1 Å². The fourth-order valence-electron chi connectivity index (χ4n) is 2.24. The summed E-state index contributed by atoms with van der Waals surface area (Å²) in [6.45, 7) is 7.20. The zero-order valence-electron chi connectivity index (χ0n) is 13.2. The van der Waals surface area contributed by atoms with Gasteiger partial charge in [0.05, 0.1) is 26.4 Å². The molecule has 1 aromatic carbocycles. The third-order valence-electron chi connectivity index (χ3n) is 3.47. The maximum absolute atomic E-state index is 6.06. The van der Waals surface area contributed by atoms with Gasteiger partial charge in [-0.1, -0.05) is 31.2 Å². The number of ether oxygens (including phenoxy) is 2. The molecule has 0 radical (unpaired) electrons. The van der Waals surface area contributed by atoms with Crippen molar-refractivity contribution in [1.29, 1.82) is 0 Å². The summed E-state index contributed by atoms with van der Waals surface area (Å²) in [7, 11) is 0. The molecule has 0 amide bonds. The van der Waals surface area contributed by atoms with Crippen molar-refractivity contribution < 1.29 is 9.47 Å². The van der Waals surface area contributed by atoms with Crippen LogP contribution in [0.4, 0.5) is 0 Å². The molecule has 124 valence electrons.